The lowest BCUT2D eigenvalue weighted by Gasteiger charge is -2.33. The molecule has 4 nitrogen and oxygen atoms in total. The van der Waals surface area contributed by atoms with Gasteiger partial charge in [0.15, 0.2) is 0 Å². The lowest BCUT2D eigenvalue weighted by atomic mass is 9.84. The Morgan fingerprint density at radius 2 is 1.95 bits per heavy atom. The second-order valence-corrected chi connectivity index (χ2v) is 6.24. The molecule has 0 aromatic heterocycles. The first-order valence-corrected chi connectivity index (χ1v) is 7.58. The third-order valence-corrected chi connectivity index (χ3v) is 4.03. The fourth-order valence-corrected chi connectivity index (χ4v) is 2.63. The lowest BCUT2D eigenvalue weighted by molar-refractivity contribution is -0.134. The number of piperidine rings is 1. The molecule has 1 heterocycles. The van der Waals surface area contributed by atoms with Crippen molar-refractivity contribution in [1.29, 1.82) is 0 Å². The molecule has 0 aromatic carbocycles. The number of hydrogen-bond acceptors (Lipinski definition) is 3. The number of carbonyl (C=O) groups is 1. The smallest absolute Gasteiger partial charge is 0.222 e. The van der Waals surface area contributed by atoms with Crippen molar-refractivity contribution in [2.45, 2.75) is 59.0 Å². The van der Waals surface area contributed by atoms with Gasteiger partial charge in [0.1, 0.15) is 0 Å². The normalized spacial score (nSPS) is 17.8. The van der Waals surface area contributed by atoms with Crippen molar-refractivity contribution in [3.05, 3.63) is 0 Å². The van der Waals surface area contributed by atoms with Gasteiger partial charge in [0, 0.05) is 26.1 Å². The van der Waals surface area contributed by atoms with E-state index in [-0.39, 0.29) is 5.41 Å². The summed E-state index contributed by atoms with van der Waals surface area (Å²) in [6.07, 6.45) is 4.85. The van der Waals surface area contributed by atoms with Crippen LogP contribution in [0.4, 0.5) is 0 Å². The van der Waals surface area contributed by atoms with Gasteiger partial charge in [0.05, 0.1) is 6.10 Å². The molecule has 0 saturated carbocycles. The van der Waals surface area contributed by atoms with Crippen molar-refractivity contribution in [2.75, 3.05) is 26.2 Å². The molecule has 2 N–H and O–H groups in total. The molecule has 0 radical (unpaired) electrons. The summed E-state index contributed by atoms with van der Waals surface area (Å²) in [5, 5.41) is 0. The number of hydrogen-bond donors (Lipinski definition) is 1. The number of nitrogens with two attached hydrogens (primary N) is 1. The molecule has 1 aliphatic heterocycles. The average Bonchev–Trinajstić information content (AvgIpc) is 2.37. The minimum absolute atomic E-state index is 0.175. The zero-order chi connectivity index (χ0) is 14.3. The SMILES string of the molecule is CCOC1CCN(C(=O)CCC(C)(C)CCN)CC1. The molecule has 4 heteroatoms. The molecule has 0 spiro atoms. The van der Waals surface area contributed by atoms with Gasteiger partial charge >= 0.3 is 0 Å². The Morgan fingerprint density at radius 1 is 1.32 bits per heavy atom. The Kier molecular flexibility index (Phi) is 6.80. The number of rotatable bonds is 7. The number of amides is 1. The van der Waals surface area contributed by atoms with Crippen LogP contribution in [0.1, 0.15) is 52.9 Å². The van der Waals surface area contributed by atoms with E-state index in [2.05, 4.69) is 13.8 Å². The maximum atomic E-state index is 12.2. The number of ether oxygens (including phenoxy) is 1. The zero-order valence-electron chi connectivity index (χ0n) is 12.8. The molecular weight excluding hydrogens is 240 g/mol. The predicted octanol–water partition coefficient (Wildman–Crippen LogP) is 2.17. The van der Waals surface area contributed by atoms with Crippen LogP contribution in [-0.2, 0) is 9.53 Å². The Bertz CT molecular complexity index is 271. The van der Waals surface area contributed by atoms with Gasteiger partial charge in [-0.25, -0.2) is 0 Å². The summed E-state index contributed by atoms with van der Waals surface area (Å²) in [7, 11) is 0. The molecule has 1 saturated heterocycles. The number of nitrogens with zero attached hydrogens (tertiary/aromatic N) is 1. The van der Waals surface area contributed by atoms with Gasteiger partial charge in [-0.15, -0.1) is 0 Å². The summed E-state index contributed by atoms with van der Waals surface area (Å²) in [5.74, 6) is 0.292. The monoisotopic (exact) mass is 270 g/mol. The summed E-state index contributed by atoms with van der Waals surface area (Å²) in [6, 6.07) is 0. The largest absolute Gasteiger partial charge is 0.378 e. The van der Waals surface area contributed by atoms with Crippen LogP contribution in [-0.4, -0.2) is 43.2 Å². The van der Waals surface area contributed by atoms with Crippen molar-refractivity contribution in [3.63, 3.8) is 0 Å². The molecule has 0 unspecified atom stereocenters. The molecule has 19 heavy (non-hydrogen) atoms. The Morgan fingerprint density at radius 3 is 2.47 bits per heavy atom. The third-order valence-electron chi connectivity index (χ3n) is 4.03. The fourth-order valence-electron chi connectivity index (χ4n) is 2.63. The van der Waals surface area contributed by atoms with Gasteiger partial charge in [-0.2, -0.15) is 0 Å². The second kappa shape index (κ2) is 7.85. The van der Waals surface area contributed by atoms with E-state index in [1.54, 1.807) is 0 Å². The number of likely N-dealkylation sites (tertiary alicyclic amines) is 1. The summed E-state index contributed by atoms with van der Waals surface area (Å²) in [6.45, 7) is 9.56. The quantitative estimate of drug-likeness (QED) is 0.771. The Hall–Kier alpha value is -0.610. The number of carbonyl (C=O) groups excluding carboxylic acids is 1. The summed E-state index contributed by atoms with van der Waals surface area (Å²) in [4.78, 5) is 14.2. The molecular formula is C15H30N2O2. The maximum absolute atomic E-state index is 12.2. The van der Waals surface area contributed by atoms with Crippen molar-refractivity contribution < 1.29 is 9.53 Å². The first kappa shape index (κ1) is 16.4. The standard InChI is InChI=1S/C15H30N2O2/c1-4-19-13-6-11-17(12-7-13)14(18)5-8-15(2,3)9-10-16/h13H,4-12,16H2,1-3H3. The van der Waals surface area contributed by atoms with Gasteiger partial charge in [-0.3, -0.25) is 4.79 Å². The van der Waals surface area contributed by atoms with E-state index in [9.17, 15) is 4.79 Å². The first-order chi connectivity index (χ1) is 8.98. The van der Waals surface area contributed by atoms with Gasteiger partial charge < -0.3 is 15.4 Å². The highest BCUT2D eigenvalue weighted by Gasteiger charge is 2.25. The molecule has 0 aromatic rings. The predicted molar refractivity (Wildman–Crippen MR) is 77.9 cm³/mol. The maximum Gasteiger partial charge on any atom is 0.222 e. The fraction of sp³-hybridized carbons (Fsp3) is 0.933. The highest BCUT2D eigenvalue weighted by molar-refractivity contribution is 5.76. The van der Waals surface area contributed by atoms with E-state index in [1.807, 2.05) is 11.8 Å². The minimum atomic E-state index is 0.175. The van der Waals surface area contributed by atoms with Gasteiger partial charge in [-0.1, -0.05) is 13.8 Å². The van der Waals surface area contributed by atoms with Crippen LogP contribution in [0.3, 0.4) is 0 Å². The Labute approximate surface area is 117 Å². The molecule has 0 atom stereocenters. The van der Waals surface area contributed by atoms with Crippen LogP contribution < -0.4 is 5.73 Å². The van der Waals surface area contributed by atoms with E-state index in [0.29, 0.717) is 25.0 Å². The average molecular weight is 270 g/mol. The van der Waals surface area contributed by atoms with Crippen molar-refractivity contribution in [1.82, 2.24) is 4.90 Å². The van der Waals surface area contributed by atoms with E-state index in [1.165, 1.54) is 0 Å². The van der Waals surface area contributed by atoms with Crippen molar-refractivity contribution in [3.8, 4) is 0 Å². The van der Waals surface area contributed by atoms with Gasteiger partial charge in [0.25, 0.3) is 0 Å². The van der Waals surface area contributed by atoms with Crippen molar-refractivity contribution >= 4 is 5.91 Å². The molecule has 1 fully saturated rings. The van der Waals surface area contributed by atoms with Gasteiger partial charge in [-0.05, 0) is 44.6 Å². The van der Waals surface area contributed by atoms with E-state index in [4.69, 9.17) is 10.5 Å². The molecule has 1 rings (SSSR count). The van der Waals surface area contributed by atoms with Crippen LogP contribution >= 0.6 is 0 Å². The van der Waals surface area contributed by atoms with Gasteiger partial charge in [0.2, 0.25) is 5.91 Å². The topological polar surface area (TPSA) is 55.6 Å². The minimum Gasteiger partial charge on any atom is -0.378 e. The van der Waals surface area contributed by atoms with Crippen molar-refractivity contribution in [2.24, 2.45) is 11.1 Å². The van der Waals surface area contributed by atoms with Crippen LogP contribution in [0, 0.1) is 5.41 Å². The molecule has 0 bridgehead atoms. The molecule has 112 valence electrons. The molecule has 1 amide bonds. The van der Waals surface area contributed by atoms with Crippen LogP contribution in [0.25, 0.3) is 0 Å². The summed E-state index contributed by atoms with van der Waals surface area (Å²) < 4.78 is 5.61. The van der Waals surface area contributed by atoms with E-state index >= 15 is 0 Å². The van der Waals surface area contributed by atoms with E-state index < -0.39 is 0 Å². The van der Waals surface area contributed by atoms with Crippen LogP contribution in [0.2, 0.25) is 0 Å². The van der Waals surface area contributed by atoms with Crippen LogP contribution in [0.5, 0.6) is 0 Å². The third kappa shape index (κ3) is 5.91. The summed E-state index contributed by atoms with van der Waals surface area (Å²) >= 11 is 0. The molecule has 0 aliphatic carbocycles. The van der Waals surface area contributed by atoms with Crippen LogP contribution in [0.15, 0.2) is 0 Å². The highest BCUT2D eigenvalue weighted by atomic mass is 16.5. The second-order valence-electron chi connectivity index (χ2n) is 6.24. The molecule has 1 aliphatic rings. The lowest BCUT2D eigenvalue weighted by Crippen LogP contribution is -2.41. The highest BCUT2D eigenvalue weighted by Crippen LogP contribution is 2.26. The summed E-state index contributed by atoms with van der Waals surface area (Å²) in [5.41, 5.74) is 5.77. The Balaban J connectivity index is 2.28. The zero-order valence-corrected chi connectivity index (χ0v) is 12.8. The first-order valence-electron chi connectivity index (χ1n) is 7.58. The van der Waals surface area contributed by atoms with E-state index in [0.717, 1.165) is 45.4 Å².